The Morgan fingerprint density at radius 3 is 2.30 bits per heavy atom. The molecule has 2 amide bonds. The molecule has 1 aliphatic heterocycles. The molecule has 0 radical (unpaired) electrons. The summed E-state index contributed by atoms with van der Waals surface area (Å²) in [6.07, 6.45) is 0.616. The van der Waals surface area contributed by atoms with Gasteiger partial charge in [0, 0.05) is 24.6 Å². The van der Waals surface area contributed by atoms with Crippen molar-refractivity contribution in [3.63, 3.8) is 0 Å². The summed E-state index contributed by atoms with van der Waals surface area (Å²) in [4.78, 5) is 27.3. The molecule has 6 nitrogen and oxygen atoms in total. The van der Waals surface area contributed by atoms with Crippen molar-refractivity contribution in [2.24, 2.45) is 0 Å². The number of thioether (sulfide) groups is 1. The van der Waals surface area contributed by atoms with E-state index in [0.29, 0.717) is 19.5 Å². The maximum absolute atomic E-state index is 12.9. The van der Waals surface area contributed by atoms with Crippen molar-refractivity contribution in [2.75, 3.05) is 38.8 Å². The van der Waals surface area contributed by atoms with Gasteiger partial charge in [0.25, 0.3) is 0 Å². The lowest BCUT2D eigenvalue weighted by molar-refractivity contribution is -0.132. The van der Waals surface area contributed by atoms with Crippen molar-refractivity contribution in [1.29, 1.82) is 0 Å². The van der Waals surface area contributed by atoms with Gasteiger partial charge in [0.05, 0.1) is 33.1 Å². The molecule has 7 heteroatoms. The number of hydrogen-bond acceptors (Lipinski definition) is 5. The fraction of sp³-hybridized carbons (Fsp3) is 0.391. The van der Waals surface area contributed by atoms with Gasteiger partial charge in [-0.1, -0.05) is 24.3 Å². The van der Waals surface area contributed by atoms with Crippen LogP contribution in [0.2, 0.25) is 0 Å². The Kier molecular flexibility index (Phi) is 8.02. The van der Waals surface area contributed by atoms with Gasteiger partial charge in [-0.3, -0.25) is 9.59 Å². The van der Waals surface area contributed by atoms with Crippen molar-refractivity contribution in [2.45, 2.75) is 18.9 Å². The van der Waals surface area contributed by atoms with Gasteiger partial charge in [-0.15, -0.1) is 0 Å². The highest BCUT2D eigenvalue weighted by atomic mass is 32.2. The summed E-state index contributed by atoms with van der Waals surface area (Å²) < 4.78 is 10.5. The molecule has 0 bridgehead atoms. The molecule has 1 saturated heterocycles. The predicted molar refractivity (Wildman–Crippen MR) is 119 cm³/mol. The molecule has 0 spiro atoms. The summed E-state index contributed by atoms with van der Waals surface area (Å²) in [7, 11) is 3.23. The Labute approximate surface area is 181 Å². The van der Waals surface area contributed by atoms with Crippen molar-refractivity contribution < 1.29 is 19.1 Å². The maximum atomic E-state index is 12.9. The molecular weight excluding hydrogens is 400 g/mol. The van der Waals surface area contributed by atoms with Crippen LogP contribution >= 0.6 is 11.8 Å². The lowest BCUT2D eigenvalue weighted by Crippen LogP contribution is -2.52. The topological polar surface area (TPSA) is 67.9 Å². The van der Waals surface area contributed by atoms with Gasteiger partial charge < -0.3 is 19.7 Å². The summed E-state index contributed by atoms with van der Waals surface area (Å²) in [5, 5.41) is 3.00. The summed E-state index contributed by atoms with van der Waals surface area (Å²) in [5.74, 6) is 3.24. The third-order valence-corrected chi connectivity index (χ3v) is 6.16. The number of rotatable bonds is 8. The molecule has 0 saturated carbocycles. The lowest BCUT2D eigenvalue weighted by atomic mass is 10.1. The van der Waals surface area contributed by atoms with E-state index in [2.05, 4.69) is 5.32 Å². The predicted octanol–water partition coefficient (Wildman–Crippen LogP) is 2.55. The number of amides is 2. The first kappa shape index (κ1) is 22.0. The Morgan fingerprint density at radius 1 is 1.03 bits per heavy atom. The third kappa shape index (κ3) is 6.16. The Bertz CT molecular complexity index is 874. The largest absolute Gasteiger partial charge is 0.497 e. The minimum absolute atomic E-state index is 0.00360. The molecule has 1 aliphatic rings. The zero-order chi connectivity index (χ0) is 21.3. The summed E-state index contributed by atoms with van der Waals surface area (Å²) in [5.41, 5.74) is 1.83. The number of nitrogens with one attached hydrogen (secondary N) is 1. The van der Waals surface area contributed by atoms with Crippen molar-refractivity contribution in [1.82, 2.24) is 10.2 Å². The van der Waals surface area contributed by atoms with E-state index in [9.17, 15) is 9.59 Å². The number of ether oxygens (including phenoxy) is 2. The molecule has 1 unspecified atom stereocenters. The van der Waals surface area contributed by atoms with Crippen LogP contribution in [-0.2, 0) is 22.4 Å². The van der Waals surface area contributed by atoms with E-state index < -0.39 is 0 Å². The molecule has 0 aromatic heterocycles. The van der Waals surface area contributed by atoms with Crippen molar-refractivity contribution in [3.8, 4) is 11.5 Å². The highest BCUT2D eigenvalue weighted by molar-refractivity contribution is 7.99. The number of benzene rings is 2. The number of methoxy groups -OCH3 is 2. The van der Waals surface area contributed by atoms with E-state index in [1.165, 1.54) is 0 Å². The normalized spacial score (nSPS) is 16.1. The molecule has 1 N–H and O–H groups in total. The average molecular weight is 429 g/mol. The van der Waals surface area contributed by atoms with Crippen LogP contribution in [0.5, 0.6) is 11.5 Å². The van der Waals surface area contributed by atoms with Crippen LogP contribution in [0.25, 0.3) is 0 Å². The van der Waals surface area contributed by atoms with E-state index in [1.807, 2.05) is 65.2 Å². The van der Waals surface area contributed by atoms with Gasteiger partial charge in [0.2, 0.25) is 11.8 Å². The standard InChI is InChI=1S/C23H28N2O4S/c1-28-20-7-3-5-17(11-20)13-22(26)24-15-19-16-30-10-9-25(19)23(27)14-18-6-4-8-21(12-18)29-2/h3-8,11-12,19H,9-10,13-16H2,1-2H3,(H,24,26). The molecule has 1 fully saturated rings. The molecule has 2 aromatic carbocycles. The zero-order valence-electron chi connectivity index (χ0n) is 17.4. The van der Waals surface area contributed by atoms with Crippen LogP contribution in [0, 0.1) is 0 Å². The van der Waals surface area contributed by atoms with E-state index >= 15 is 0 Å². The van der Waals surface area contributed by atoms with E-state index in [0.717, 1.165) is 34.1 Å². The van der Waals surface area contributed by atoms with Crippen molar-refractivity contribution in [3.05, 3.63) is 59.7 Å². The van der Waals surface area contributed by atoms with Crippen LogP contribution in [0.4, 0.5) is 0 Å². The Morgan fingerprint density at radius 2 is 1.67 bits per heavy atom. The highest BCUT2D eigenvalue weighted by Gasteiger charge is 2.27. The van der Waals surface area contributed by atoms with E-state index in [-0.39, 0.29) is 24.3 Å². The first-order chi connectivity index (χ1) is 14.6. The monoisotopic (exact) mass is 428 g/mol. The van der Waals surface area contributed by atoms with Gasteiger partial charge in [-0.25, -0.2) is 0 Å². The van der Waals surface area contributed by atoms with Gasteiger partial charge in [0.15, 0.2) is 0 Å². The SMILES string of the molecule is COc1cccc(CC(=O)NCC2CSCCN2C(=O)Cc2cccc(OC)c2)c1. The second-order valence-electron chi connectivity index (χ2n) is 7.18. The van der Waals surface area contributed by atoms with Crippen LogP contribution in [-0.4, -0.2) is 61.6 Å². The second-order valence-corrected chi connectivity index (χ2v) is 8.33. The number of hydrogen-bond donors (Lipinski definition) is 1. The van der Waals surface area contributed by atoms with Gasteiger partial charge in [-0.2, -0.15) is 11.8 Å². The minimum atomic E-state index is -0.0565. The maximum Gasteiger partial charge on any atom is 0.227 e. The molecule has 30 heavy (non-hydrogen) atoms. The average Bonchev–Trinajstić information content (AvgIpc) is 2.78. The van der Waals surface area contributed by atoms with Crippen molar-refractivity contribution >= 4 is 23.6 Å². The number of carbonyl (C=O) groups excluding carboxylic acids is 2. The molecule has 2 aromatic rings. The highest BCUT2D eigenvalue weighted by Crippen LogP contribution is 2.19. The van der Waals surface area contributed by atoms with Gasteiger partial charge in [-0.05, 0) is 35.4 Å². The molecule has 0 aliphatic carbocycles. The van der Waals surface area contributed by atoms with E-state index in [1.54, 1.807) is 14.2 Å². The van der Waals surface area contributed by atoms with E-state index in [4.69, 9.17) is 9.47 Å². The quantitative estimate of drug-likeness (QED) is 0.700. The zero-order valence-corrected chi connectivity index (χ0v) is 18.2. The third-order valence-electron chi connectivity index (χ3n) is 5.07. The second kappa shape index (κ2) is 10.9. The van der Waals surface area contributed by atoms with Crippen LogP contribution < -0.4 is 14.8 Å². The molecule has 160 valence electrons. The first-order valence-corrected chi connectivity index (χ1v) is 11.1. The summed E-state index contributed by atoms with van der Waals surface area (Å²) >= 11 is 1.82. The summed E-state index contributed by atoms with van der Waals surface area (Å²) in [6.45, 7) is 1.16. The molecule has 1 atom stereocenters. The Balaban J connectivity index is 1.55. The molecular formula is C23H28N2O4S. The van der Waals surface area contributed by atoms with Crippen LogP contribution in [0.15, 0.2) is 48.5 Å². The summed E-state index contributed by atoms with van der Waals surface area (Å²) in [6, 6.07) is 15.1. The Hall–Kier alpha value is -2.67. The smallest absolute Gasteiger partial charge is 0.227 e. The minimum Gasteiger partial charge on any atom is -0.497 e. The molecule has 3 rings (SSSR count). The fourth-order valence-corrected chi connectivity index (χ4v) is 4.54. The van der Waals surface area contributed by atoms with Crippen LogP contribution in [0.3, 0.4) is 0 Å². The van der Waals surface area contributed by atoms with Crippen LogP contribution in [0.1, 0.15) is 11.1 Å². The molecule has 1 heterocycles. The van der Waals surface area contributed by atoms with Gasteiger partial charge in [0.1, 0.15) is 11.5 Å². The van der Waals surface area contributed by atoms with Gasteiger partial charge >= 0.3 is 0 Å². The first-order valence-electron chi connectivity index (χ1n) is 9.99. The lowest BCUT2D eigenvalue weighted by Gasteiger charge is -2.35. The number of carbonyl (C=O) groups is 2. The fourth-order valence-electron chi connectivity index (χ4n) is 3.47. The number of nitrogens with zero attached hydrogens (tertiary/aromatic N) is 1.